The van der Waals surface area contributed by atoms with Gasteiger partial charge in [0.15, 0.2) is 0 Å². The molecule has 0 radical (unpaired) electrons. The van der Waals surface area contributed by atoms with Crippen molar-refractivity contribution >= 4 is 23.5 Å². The number of anilines is 1. The monoisotopic (exact) mass is 354 g/mol. The molecule has 0 saturated heterocycles. The molecule has 0 aromatic heterocycles. The van der Waals surface area contributed by atoms with Crippen molar-refractivity contribution in [2.45, 2.75) is 26.8 Å². The lowest BCUT2D eigenvalue weighted by molar-refractivity contribution is -0.119. The van der Waals surface area contributed by atoms with Crippen molar-refractivity contribution in [1.29, 1.82) is 0 Å². The van der Waals surface area contributed by atoms with E-state index in [-0.39, 0.29) is 35.4 Å². The number of amides is 2. The number of hydrogen-bond donors (Lipinski definition) is 3. The van der Waals surface area contributed by atoms with Gasteiger partial charge in [0.05, 0.1) is 5.56 Å². The number of aromatic carboxylic acids is 1. The average molecular weight is 354 g/mol. The van der Waals surface area contributed by atoms with Crippen LogP contribution in [0.3, 0.4) is 0 Å². The summed E-state index contributed by atoms with van der Waals surface area (Å²) in [4.78, 5) is 35.2. The van der Waals surface area contributed by atoms with Crippen LogP contribution >= 0.6 is 0 Å². The summed E-state index contributed by atoms with van der Waals surface area (Å²) in [5, 5.41) is 14.6. The molecule has 136 valence electrons. The average Bonchev–Trinajstić information content (AvgIpc) is 2.65. The SMILES string of the molecule is CCC(C)C(=O)Nc1cccc(CNC(=O)c2cccc(C(=O)O)c2)c1. The van der Waals surface area contributed by atoms with Crippen LogP contribution in [-0.2, 0) is 11.3 Å². The fourth-order valence-electron chi connectivity index (χ4n) is 2.29. The Kier molecular flexibility index (Phi) is 6.49. The molecule has 0 fully saturated rings. The van der Waals surface area contributed by atoms with E-state index in [1.54, 1.807) is 24.3 Å². The summed E-state index contributed by atoms with van der Waals surface area (Å²) >= 11 is 0. The van der Waals surface area contributed by atoms with E-state index in [0.29, 0.717) is 5.69 Å². The van der Waals surface area contributed by atoms with Gasteiger partial charge in [0.1, 0.15) is 0 Å². The molecule has 2 amide bonds. The van der Waals surface area contributed by atoms with Gasteiger partial charge in [-0.3, -0.25) is 9.59 Å². The van der Waals surface area contributed by atoms with Gasteiger partial charge in [-0.05, 0) is 42.3 Å². The topological polar surface area (TPSA) is 95.5 Å². The van der Waals surface area contributed by atoms with Gasteiger partial charge in [0.25, 0.3) is 5.91 Å². The van der Waals surface area contributed by atoms with Crippen LogP contribution in [0, 0.1) is 5.92 Å². The first-order valence-electron chi connectivity index (χ1n) is 8.42. The second kappa shape index (κ2) is 8.80. The van der Waals surface area contributed by atoms with Crippen molar-refractivity contribution in [1.82, 2.24) is 5.32 Å². The highest BCUT2D eigenvalue weighted by atomic mass is 16.4. The summed E-state index contributed by atoms with van der Waals surface area (Å²) in [6.45, 7) is 4.09. The summed E-state index contributed by atoms with van der Waals surface area (Å²) in [6, 6.07) is 13.1. The van der Waals surface area contributed by atoms with Crippen LogP contribution in [0.1, 0.15) is 46.5 Å². The van der Waals surface area contributed by atoms with Crippen LogP contribution in [0.25, 0.3) is 0 Å². The van der Waals surface area contributed by atoms with E-state index in [9.17, 15) is 14.4 Å². The van der Waals surface area contributed by atoms with Gasteiger partial charge in [0, 0.05) is 23.7 Å². The quantitative estimate of drug-likeness (QED) is 0.711. The van der Waals surface area contributed by atoms with Crippen molar-refractivity contribution in [2.24, 2.45) is 5.92 Å². The molecule has 0 bridgehead atoms. The Balaban J connectivity index is 2.00. The number of hydrogen-bond acceptors (Lipinski definition) is 3. The number of rotatable bonds is 7. The molecule has 3 N–H and O–H groups in total. The Labute approximate surface area is 152 Å². The molecule has 1 atom stereocenters. The van der Waals surface area contributed by atoms with Crippen LogP contribution < -0.4 is 10.6 Å². The van der Waals surface area contributed by atoms with E-state index in [0.717, 1.165) is 12.0 Å². The molecule has 2 aromatic rings. The molecule has 6 nitrogen and oxygen atoms in total. The maximum Gasteiger partial charge on any atom is 0.335 e. The summed E-state index contributed by atoms with van der Waals surface area (Å²) in [5.74, 6) is -1.55. The molecule has 6 heteroatoms. The van der Waals surface area contributed by atoms with Crippen molar-refractivity contribution in [2.75, 3.05) is 5.32 Å². The lowest BCUT2D eigenvalue weighted by Gasteiger charge is -2.11. The van der Waals surface area contributed by atoms with Crippen molar-refractivity contribution in [3.63, 3.8) is 0 Å². The van der Waals surface area contributed by atoms with Gasteiger partial charge in [-0.2, -0.15) is 0 Å². The minimum atomic E-state index is -1.08. The van der Waals surface area contributed by atoms with Crippen molar-refractivity contribution in [3.8, 4) is 0 Å². The predicted octanol–water partition coefficient (Wildman–Crippen LogP) is 3.30. The highest BCUT2D eigenvalue weighted by molar-refractivity contribution is 5.97. The van der Waals surface area contributed by atoms with E-state index in [2.05, 4.69) is 10.6 Å². The summed E-state index contributed by atoms with van der Waals surface area (Å²) in [6.07, 6.45) is 0.761. The Morgan fingerprint density at radius 1 is 1.04 bits per heavy atom. The van der Waals surface area contributed by atoms with Gasteiger partial charge < -0.3 is 15.7 Å². The zero-order valence-corrected chi connectivity index (χ0v) is 14.8. The maximum absolute atomic E-state index is 12.2. The molecule has 2 aromatic carbocycles. The number of carboxylic acid groups (broad SMARTS) is 1. The van der Waals surface area contributed by atoms with Gasteiger partial charge in [-0.25, -0.2) is 4.79 Å². The molecular formula is C20H22N2O4. The third-order valence-corrected chi connectivity index (χ3v) is 4.08. The molecule has 0 saturated carbocycles. The Hall–Kier alpha value is -3.15. The summed E-state index contributed by atoms with van der Waals surface area (Å²) in [5.41, 5.74) is 1.85. The molecule has 2 rings (SSSR count). The molecule has 0 aliphatic rings. The molecule has 1 unspecified atom stereocenters. The number of nitrogens with one attached hydrogen (secondary N) is 2. The number of carbonyl (C=O) groups is 3. The van der Waals surface area contributed by atoms with Crippen molar-refractivity contribution in [3.05, 3.63) is 65.2 Å². The molecule has 0 aliphatic carbocycles. The van der Waals surface area contributed by atoms with Crippen LogP contribution in [0.4, 0.5) is 5.69 Å². The van der Waals surface area contributed by atoms with E-state index in [1.807, 2.05) is 19.9 Å². The highest BCUT2D eigenvalue weighted by Gasteiger charge is 2.11. The maximum atomic E-state index is 12.2. The lowest BCUT2D eigenvalue weighted by atomic mass is 10.1. The second-order valence-corrected chi connectivity index (χ2v) is 6.07. The normalized spacial score (nSPS) is 11.5. The molecule has 0 spiro atoms. The van der Waals surface area contributed by atoms with Crippen LogP contribution in [0.2, 0.25) is 0 Å². The van der Waals surface area contributed by atoms with Crippen LogP contribution in [0.5, 0.6) is 0 Å². The first-order valence-corrected chi connectivity index (χ1v) is 8.42. The first kappa shape index (κ1) is 19.2. The minimum absolute atomic E-state index is 0.0424. The van der Waals surface area contributed by atoms with Gasteiger partial charge in [0.2, 0.25) is 5.91 Å². The predicted molar refractivity (Wildman–Crippen MR) is 99.1 cm³/mol. The summed E-state index contributed by atoms with van der Waals surface area (Å²) < 4.78 is 0. The van der Waals surface area contributed by atoms with Crippen LogP contribution in [-0.4, -0.2) is 22.9 Å². The standard InChI is InChI=1S/C20H22N2O4/c1-3-13(2)18(23)22-17-9-4-6-14(10-17)12-21-19(24)15-7-5-8-16(11-15)20(25)26/h4-11,13H,3,12H2,1-2H3,(H,21,24)(H,22,23)(H,25,26). The van der Waals surface area contributed by atoms with E-state index in [1.165, 1.54) is 18.2 Å². The minimum Gasteiger partial charge on any atom is -0.478 e. The lowest BCUT2D eigenvalue weighted by Crippen LogP contribution is -2.23. The van der Waals surface area contributed by atoms with E-state index < -0.39 is 5.97 Å². The van der Waals surface area contributed by atoms with Gasteiger partial charge >= 0.3 is 5.97 Å². The van der Waals surface area contributed by atoms with Gasteiger partial charge in [-0.15, -0.1) is 0 Å². The smallest absolute Gasteiger partial charge is 0.335 e. The third kappa shape index (κ3) is 5.17. The Bertz CT molecular complexity index is 817. The third-order valence-electron chi connectivity index (χ3n) is 4.08. The fraction of sp³-hybridized carbons (Fsp3) is 0.250. The van der Waals surface area contributed by atoms with Crippen molar-refractivity contribution < 1.29 is 19.5 Å². The Morgan fingerprint density at radius 3 is 2.42 bits per heavy atom. The number of carboxylic acids is 1. The fourth-order valence-corrected chi connectivity index (χ4v) is 2.29. The summed E-state index contributed by atoms with van der Waals surface area (Å²) in [7, 11) is 0. The molecule has 0 heterocycles. The van der Waals surface area contributed by atoms with Gasteiger partial charge in [-0.1, -0.05) is 32.0 Å². The molecule has 0 aliphatic heterocycles. The zero-order valence-electron chi connectivity index (χ0n) is 14.8. The number of benzene rings is 2. The second-order valence-electron chi connectivity index (χ2n) is 6.07. The number of carbonyl (C=O) groups excluding carboxylic acids is 2. The highest BCUT2D eigenvalue weighted by Crippen LogP contribution is 2.13. The zero-order chi connectivity index (χ0) is 19.1. The first-order chi connectivity index (χ1) is 12.4. The van der Waals surface area contributed by atoms with E-state index in [4.69, 9.17) is 5.11 Å². The Morgan fingerprint density at radius 2 is 1.73 bits per heavy atom. The molecular weight excluding hydrogens is 332 g/mol. The van der Waals surface area contributed by atoms with E-state index >= 15 is 0 Å². The van der Waals surface area contributed by atoms with Crippen LogP contribution in [0.15, 0.2) is 48.5 Å². The largest absolute Gasteiger partial charge is 0.478 e. The molecule has 26 heavy (non-hydrogen) atoms.